The van der Waals surface area contributed by atoms with E-state index in [1.807, 2.05) is 6.92 Å². The summed E-state index contributed by atoms with van der Waals surface area (Å²) in [5.74, 6) is 1.59. The van der Waals surface area contributed by atoms with Gasteiger partial charge in [0.2, 0.25) is 0 Å². The molecular weight excluding hydrogens is 210 g/mol. The van der Waals surface area contributed by atoms with Crippen LogP contribution in [0.2, 0.25) is 0 Å². The van der Waals surface area contributed by atoms with Crippen LogP contribution in [0.3, 0.4) is 0 Å². The third kappa shape index (κ3) is 4.98. The van der Waals surface area contributed by atoms with Crippen molar-refractivity contribution in [2.75, 3.05) is 12.0 Å². The molecule has 1 fully saturated rings. The highest BCUT2D eigenvalue weighted by Crippen LogP contribution is 2.35. The molecule has 1 rings (SSSR count). The van der Waals surface area contributed by atoms with Gasteiger partial charge in [-0.2, -0.15) is 0 Å². The molecule has 0 bridgehead atoms. The van der Waals surface area contributed by atoms with Crippen LogP contribution in [0.15, 0.2) is 0 Å². The van der Waals surface area contributed by atoms with E-state index in [-0.39, 0.29) is 11.8 Å². The van der Waals surface area contributed by atoms with Crippen LogP contribution in [0.25, 0.3) is 0 Å². The topological polar surface area (TPSA) is 46.2 Å². The van der Waals surface area contributed by atoms with E-state index in [0.717, 1.165) is 5.92 Å². The van der Waals surface area contributed by atoms with E-state index in [2.05, 4.69) is 19.2 Å². The minimum Gasteiger partial charge on any atom is -0.310 e. The van der Waals surface area contributed by atoms with Crippen LogP contribution in [0.5, 0.6) is 0 Å². The Morgan fingerprint density at radius 3 is 2.13 bits per heavy atom. The van der Waals surface area contributed by atoms with Gasteiger partial charge in [0.1, 0.15) is 9.84 Å². The Morgan fingerprint density at radius 2 is 1.80 bits per heavy atom. The van der Waals surface area contributed by atoms with E-state index in [1.54, 1.807) is 0 Å². The van der Waals surface area contributed by atoms with Crippen LogP contribution >= 0.6 is 0 Å². The summed E-state index contributed by atoms with van der Waals surface area (Å²) < 4.78 is 22.3. The number of rotatable bonds is 6. The molecule has 90 valence electrons. The van der Waals surface area contributed by atoms with Gasteiger partial charge < -0.3 is 5.32 Å². The van der Waals surface area contributed by atoms with Gasteiger partial charge in [-0.15, -0.1) is 0 Å². The molecule has 1 aliphatic rings. The SMILES string of the molecule is CC(CS(C)(=O)=O)NC(C(C)C)C1CC1. The van der Waals surface area contributed by atoms with Gasteiger partial charge in [-0.05, 0) is 31.6 Å². The largest absolute Gasteiger partial charge is 0.310 e. The molecule has 0 heterocycles. The molecular formula is C11H23NO2S. The lowest BCUT2D eigenvalue weighted by Crippen LogP contribution is -2.44. The molecule has 0 saturated heterocycles. The van der Waals surface area contributed by atoms with E-state index in [4.69, 9.17) is 0 Å². The van der Waals surface area contributed by atoms with Crippen LogP contribution in [-0.2, 0) is 9.84 Å². The summed E-state index contributed by atoms with van der Waals surface area (Å²) in [4.78, 5) is 0. The average molecular weight is 233 g/mol. The zero-order valence-corrected chi connectivity index (χ0v) is 11.0. The van der Waals surface area contributed by atoms with Crippen molar-refractivity contribution in [3.63, 3.8) is 0 Å². The van der Waals surface area contributed by atoms with Crippen molar-refractivity contribution < 1.29 is 8.42 Å². The zero-order chi connectivity index (χ0) is 11.6. The maximum absolute atomic E-state index is 11.1. The van der Waals surface area contributed by atoms with Gasteiger partial charge in [-0.3, -0.25) is 0 Å². The van der Waals surface area contributed by atoms with Crippen molar-refractivity contribution in [2.24, 2.45) is 11.8 Å². The Morgan fingerprint density at radius 1 is 1.27 bits per heavy atom. The second-order valence-corrected chi connectivity index (χ2v) is 7.45. The molecule has 0 aromatic heterocycles. The molecule has 0 aliphatic heterocycles. The van der Waals surface area contributed by atoms with Crippen molar-refractivity contribution in [1.82, 2.24) is 5.32 Å². The molecule has 1 N–H and O–H groups in total. The predicted octanol–water partition coefficient (Wildman–Crippen LogP) is 1.44. The fourth-order valence-corrected chi connectivity index (χ4v) is 3.16. The van der Waals surface area contributed by atoms with Crippen LogP contribution in [0, 0.1) is 11.8 Å². The third-order valence-electron chi connectivity index (χ3n) is 2.88. The van der Waals surface area contributed by atoms with Crippen LogP contribution < -0.4 is 5.32 Å². The summed E-state index contributed by atoms with van der Waals surface area (Å²) in [7, 11) is -2.86. The zero-order valence-electron chi connectivity index (χ0n) is 10.2. The molecule has 0 amide bonds. The third-order valence-corrected chi connectivity index (χ3v) is 3.98. The quantitative estimate of drug-likeness (QED) is 0.755. The van der Waals surface area contributed by atoms with Crippen LogP contribution in [0.1, 0.15) is 33.6 Å². The van der Waals surface area contributed by atoms with E-state index < -0.39 is 9.84 Å². The van der Waals surface area contributed by atoms with Crippen molar-refractivity contribution in [2.45, 2.75) is 45.7 Å². The molecule has 4 heteroatoms. The monoisotopic (exact) mass is 233 g/mol. The second kappa shape index (κ2) is 4.83. The van der Waals surface area contributed by atoms with Gasteiger partial charge in [-0.1, -0.05) is 13.8 Å². The standard InChI is InChI=1S/C11H23NO2S/c1-8(2)11(10-5-6-10)12-9(3)7-15(4,13)14/h8-12H,5-7H2,1-4H3. The van der Waals surface area contributed by atoms with Gasteiger partial charge in [0.15, 0.2) is 0 Å². The molecule has 0 aromatic rings. The van der Waals surface area contributed by atoms with E-state index in [9.17, 15) is 8.42 Å². The van der Waals surface area contributed by atoms with Gasteiger partial charge in [-0.25, -0.2) is 8.42 Å². The molecule has 2 unspecified atom stereocenters. The molecule has 1 aliphatic carbocycles. The average Bonchev–Trinajstić information content (AvgIpc) is 2.78. The van der Waals surface area contributed by atoms with Gasteiger partial charge >= 0.3 is 0 Å². The van der Waals surface area contributed by atoms with Crippen molar-refractivity contribution in [3.8, 4) is 0 Å². The second-order valence-electron chi connectivity index (χ2n) is 5.27. The lowest BCUT2D eigenvalue weighted by atomic mass is 9.99. The fourth-order valence-electron chi connectivity index (χ4n) is 2.16. The highest BCUT2D eigenvalue weighted by molar-refractivity contribution is 7.90. The highest BCUT2D eigenvalue weighted by atomic mass is 32.2. The number of sulfone groups is 1. The summed E-state index contributed by atoms with van der Waals surface area (Å²) in [6.45, 7) is 6.35. The normalized spacial score (nSPS) is 21.7. The molecule has 1 saturated carbocycles. The molecule has 2 atom stereocenters. The Hall–Kier alpha value is -0.0900. The lowest BCUT2D eigenvalue weighted by Gasteiger charge is -2.26. The molecule has 15 heavy (non-hydrogen) atoms. The summed E-state index contributed by atoms with van der Waals surface area (Å²) in [5, 5.41) is 3.46. The number of nitrogens with one attached hydrogen (secondary N) is 1. The van der Waals surface area contributed by atoms with E-state index in [0.29, 0.717) is 12.0 Å². The molecule has 0 aromatic carbocycles. The molecule has 0 radical (unpaired) electrons. The molecule has 0 spiro atoms. The summed E-state index contributed by atoms with van der Waals surface area (Å²) in [6, 6.07) is 0.551. The molecule has 3 nitrogen and oxygen atoms in total. The van der Waals surface area contributed by atoms with E-state index in [1.165, 1.54) is 19.1 Å². The van der Waals surface area contributed by atoms with Gasteiger partial charge in [0.05, 0.1) is 5.75 Å². The Bertz CT molecular complexity index is 292. The predicted molar refractivity (Wildman–Crippen MR) is 63.7 cm³/mol. The van der Waals surface area contributed by atoms with E-state index >= 15 is 0 Å². The van der Waals surface area contributed by atoms with Crippen molar-refractivity contribution in [1.29, 1.82) is 0 Å². The number of hydrogen-bond acceptors (Lipinski definition) is 3. The minimum atomic E-state index is -2.86. The first-order valence-corrected chi connectivity index (χ1v) is 7.79. The van der Waals surface area contributed by atoms with Crippen molar-refractivity contribution in [3.05, 3.63) is 0 Å². The maximum Gasteiger partial charge on any atom is 0.148 e. The Balaban J connectivity index is 2.44. The minimum absolute atomic E-state index is 0.0630. The first-order valence-electron chi connectivity index (χ1n) is 5.73. The lowest BCUT2D eigenvalue weighted by molar-refractivity contribution is 0.337. The Kier molecular flexibility index (Phi) is 4.18. The number of hydrogen-bond donors (Lipinski definition) is 1. The Labute approximate surface area is 93.6 Å². The van der Waals surface area contributed by atoms with Crippen molar-refractivity contribution >= 4 is 9.84 Å². The van der Waals surface area contributed by atoms with Crippen LogP contribution in [-0.4, -0.2) is 32.5 Å². The summed E-state index contributed by atoms with van der Waals surface area (Å²) >= 11 is 0. The maximum atomic E-state index is 11.1. The smallest absolute Gasteiger partial charge is 0.148 e. The summed E-state index contributed by atoms with van der Waals surface area (Å²) in [6.07, 6.45) is 3.88. The highest BCUT2D eigenvalue weighted by Gasteiger charge is 2.33. The first kappa shape index (κ1) is 13.0. The fraction of sp³-hybridized carbons (Fsp3) is 1.00. The summed E-state index contributed by atoms with van der Waals surface area (Å²) in [5.41, 5.74) is 0. The van der Waals surface area contributed by atoms with Crippen LogP contribution in [0.4, 0.5) is 0 Å². The van der Waals surface area contributed by atoms with Gasteiger partial charge in [0.25, 0.3) is 0 Å². The van der Waals surface area contributed by atoms with Gasteiger partial charge in [0, 0.05) is 18.3 Å². The first-order chi connectivity index (χ1) is 6.79.